The lowest BCUT2D eigenvalue weighted by Crippen LogP contribution is -2.39. The van der Waals surface area contributed by atoms with Gasteiger partial charge in [0.2, 0.25) is 5.91 Å². The third kappa shape index (κ3) is 6.36. The fraction of sp³-hybridized carbons (Fsp3) is 0.318. The minimum atomic E-state index is -0.452. The number of hydrogen-bond donors (Lipinski definition) is 1. The van der Waals surface area contributed by atoms with Gasteiger partial charge in [0.1, 0.15) is 11.5 Å². The molecule has 1 heterocycles. The molecule has 0 saturated heterocycles. The number of anilines is 2. The van der Waals surface area contributed by atoms with Gasteiger partial charge in [-0.3, -0.25) is 14.4 Å². The van der Waals surface area contributed by atoms with E-state index in [1.807, 2.05) is 0 Å². The molecular weight excluding hydrogens is 424 g/mol. The molecule has 0 fully saturated rings. The first-order valence-electron chi connectivity index (χ1n) is 9.78. The topological polar surface area (TPSA) is 94.2 Å². The summed E-state index contributed by atoms with van der Waals surface area (Å²) in [4.78, 5) is 37.3. The molecule has 1 N–H and O–H groups in total. The monoisotopic (exact) mass is 446 g/mol. The molecule has 8 nitrogen and oxygen atoms in total. The molecule has 0 radical (unpaired) electrons. The summed E-state index contributed by atoms with van der Waals surface area (Å²) in [6.45, 7) is 0.809. The van der Waals surface area contributed by atoms with Gasteiger partial charge in [-0.05, 0) is 48.9 Å². The van der Waals surface area contributed by atoms with Crippen molar-refractivity contribution in [2.45, 2.75) is 19.3 Å². The number of nitrogens with one attached hydrogen (secondary N) is 1. The van der Waals surface area contributed by atoms with Crippen LogP contribution in [0, 0.1) is 0 Å². The van der Waals surface area contributed by atoms with Gasteiger partial charge in [0.25, 0.3) is 5.91 Å². The highest BCUT2D eigenvalue weighted by Gasteiger charge is 2.25. The Morgan fingerprint density at radius 2 is 1.94 bits per heavy atom. The number of halogens is 1. The highest BCUT2D eigenvalue weighted by molar-refractivity contribution is 6.30. The van der Waals surface area contributed by atoms with Gasteiger partial charge in [-0.2, -0.15) is 0 Å². The summed E-state index contributed by atoms with van der Waals surface area (Å²) in [5.74, 6) is 0.317. The number of esters is 1. The van der Waals surface area contributed by atoms with Crippen LogP contribution in [0.4, 0.5) is 11.4 Å². The maximum Gasteiger partial charge on any atom is 0.306 e. The summed E-state index contributed by atoms with van der Waals surface area (Å²) in [6.07, 6.45) is 0.600. The minimum absolute atomic E-state index is 0.00490. The molecule has 31 heavy (non-hydrogen) atoms. The van der Waals surface area contributed by atoms with Crippen LogP contribution < -0.4 is 19.7 Å². The van der Waals surface area contributed by atoms with Crippen LogP contribution >= 0.6 is 11.6 Å². The van der Waals surface area contributed by atoms with Gasteiger partial charge in [0.15, 0.2) is 6.61 Å². The minimum Gasteiger partial charge on any atom is -0.494 e. The molecule has 164 valence electrons. The van der Waals surface area contributed by atoms with Crippen LogP contribution in [-0.4, -0.2) is 44.7 Å². The Morgan fingerprint density at radius 1 is 1.16 bits per heavy atom. The van der Waals surface area contributed by atoms with Crippen LogP contribution in [0.1, 0.15) is 19.3 Å². The lowest BCUT2D eigenvalue weighted by Gasteiger charge is -2.30. The molecule has 0 atom stereocenters. The zero-order valence-corrected chi connectivity index (χ0v) is 17.8. The summed E-state index contributed by atoms with van der Waals surface area (Å²) in [6, 6.07) is 12.1. The number of benzene rings is 2. The molecule has 0 saturated carbocycles. The number of methoxy groups -OCH3 is 1. The number of fused-ring (bicyclic) bond motifs is 1. The van der Waals surface area contributed by atoms with Crippen molar-refractivity contribution in [2.75, 3.05) is 37.1 Å². The second-order valence-electron chi connectivity index (χ2n) is 6.80. The average Bonchev–Trinajstić information content (AvgIpc) is 2.77. The molecule has 0 unspecified atom stereocenters. The first-order valence-corrected chi connectivity index (χ1v) is 10.2. The summed E-state index contributed by atoms with van der Waals surface area (Å²) in [7, 11) is 1.27. The van der Waals surface area contributed by atoms with Gasteiger partial charge < -0.3 is 24.4 Å². The van der Waals surface area contributed by atoms with Gasteiger partial charge in [0, 0.05) is 23.7 Å². The zero-order chi connectivity index (χ0) is 22.2. The molecule has 2 amide bonds. The summed E-state index contributed by atoms with van der Waals surface area (Å²) in [5, 5.41) is 3.36. The maximum atomic E-state index is 12.4. The van der Waals surface area contributed by atoms with Crippen LogP contribution in [0.25, 0.3) is 0 Å². The van der Waals surface area contributed by atoms with Crippen molar-refractivity contribution in [1.29, 1.82) is 0 Å². The van der Waals surface area contributed by atoms with E-state index in [2.05, 4.69) is 10.1 Å². The number of ether oxygens (including phenoxy) is 3. The van der Waals surface area contributed by atoms with E-state index in [0.717, 1.165) is 0 Å². The largest absolute Gasteiger partial charge is 0.494 e. The van der Waals surface area contributed by atoms with E-state index in [1.54, 1.807) is 47.4 Å². The van der Waals surface area contributed by atoms with E-state index in [9.17, 15) is 14.4 Å². The Morgan fingerprint density at radius 3 is 2.68 bits per heavy atom. The van der Waals surface area contributed by atoms with E-state index in [4.69, 9.17) is 21.1 Å². The van der Waals surface area contributed by atoms with Gasteiger partial charge in [-0.1, -0.05) is 11.6 Å². The molecule has 2 aromatic rings. The predicted octanol–water partition coefficient (Wildman–Crippen LogP) is 3.43. The van der Waals surface area contributed by atoms with Gasteiger partial charge in [0.05, 0.1) is 25.8 Å². The van der Waals surface area contributed by atoms with Gasteiger partial charge in [-0.25, -0.2) is 0 Å². The number of nitrogens with zero attached hydrogens (tertiary/aromatic N) is 1. The van der Waals surface area contributed by atoms with Gasteiger partial charge >= 0.3 is 5.97 Å². The van der Waals surface area contributed by atoms with Crippen LogP contribution in [0.2, 0.25) is 5.02 Å². The molecule has 1 aliphatic heterocycles. The highest BCUT2D eigenvalue weighted by atomic mass is 35.5. The van der Waals surface area contributed by atoms with Crippen molar-refractivity contribution in [1.82, 2.24) is 0 Å². The molecule has 0 aliphatic carbocycles. The summed E-state index contributed by atoms with van der Waals surface area (Å²) < 4.78 is 15.7. The van der Waals surface area contributed by atoms with Crippen LogP contribution in [0.15, 0.2) is 42.5 Å². The lowest BCUT2D eigenvalue weighted by atomic mass is 10.2. The third-order valence-electron chi connectivity index (χ3n) is 4.58. The smallest absolute Gasteiger partial charge is 0.306 e. The summed E-state index contributed by atoms with van der Waals surface area (Å²) in [5.41, 5.74) is 1.09. The number of rotatable bonds is 9. The van der Waals surface area contributed by atoms with Crippen LogP contribution in [0.3, 0.4) is 0 Å². The molecule has 1 aliphatic rings. The number of carbonyl (C=O) groups is 3. The normalized spacial score (nSPS) is 12.6. The van der Waals surface area contributed by atoms with E-state index in [1.165, 1.54) is 7.11 Å². The Balaban J connectivity index is 1.59. The third-order valence-corrected chi connectivity index (χ3v) is 4.83. The first kappa shape index (κ1) is 22.4. The van der Waals surface area contributed by atoms with E-state index in [-0.39, 0.29) is 31.3 Å². The molecule has 0 bridgehead atoms. The maximum absolute atomic E-state index is 12.4. The number of hydrogen-bond acceptors (Lipinski definition) is 6. The average molecular weight is 447 g/mol. The van der Waals surface area contributed by atoms with Crippen molar-refractivity contribution in [3.05, 3.63) is 47.5 Å². The Hall–Kier alpha value is -3.26. The van der Waals surface area contributed by atoms with Crippen molar-refractivity contribution < 1.29 is 28.6 Å². The summed E-state index contributed by atoms with van der Waals surface area (Å²) >= 11 is 5.86. The van der Waals surface area contributed by atoms with Crippen molar-refractivity contribution >= 4 is 40.8 Å². The van der Waals surface area contributed by atoms with E-state index < -0.39 is 5.97 Å². The van der Waals surface area contributed by atoms with Gasteiger partial charge in [-0.15, -0.1) is 0 Å². The lowest BCUT2D eigenvalue weighted by molar-refractivity contribution is -0.141. The first-order chi connectivity index (χ1) is 15.0. The van der Waals surface area contributed by atoms with Crippen LogP contribution in [-0.2, 0) is 19.1 Å². The van der Waals surface area contributed by atoms with E-state index >= 15 is 0 Å². The second kappa shape index (κ2) is 10.7. The molecule has 0 aromatic heterocycles. The predicted molar refractivity (Wildman–Crippen MR) is 116 cm³/mol. The Kier molecular flexibility index (Phi) is 7.72. The standard InChI is InChI=1S/C22H23ClN2O6/c1-29-22(28)10-9-20(26)24-16-5-8-19-18(13-16)25(21(27)14-31-19)11-2-12-30-17-6-3-15(23)4-7-17/h3-8,13H,2,9-12,14H2,1H3,(H,24,26). The number of amides is 2. The molecule has 3 rings (SSSR count). The zero-order valence-electron chi connectivity index (χ0n) is 17.1. The quantitative estimate of drug-likeness (QED) is 0.468. The second-order valence-corrected chi connectivity index (χ2v) is 7.23. The van der Waals surface area contributed by atoms with Crippen molar-refractivity contribution in [2.24, 2.45) is 0 Å². The Labute approximate surface area is 185 Å². The number of carbonyl (C=O) groups excluding carboxylic acids is 3. The highest BCUT2D eigenvalue weighted by Crippen LogP contribution is 2.34. The van der Waals surface area contributed by atoms with E-state index in [0.29, 0.717) is 47.5 Å². The van der Waals surface area contributed by atoms with Crippen LogP contribution in [0.5, 0.6) is 11.5 Å². The van der Waals surface area contributed by atoms with Crippen molar-refractivity contribution in [3.63, 3.8) is 0 Å². The SMILES string of the molecule is COC(=O)CCC(=O)Nc1ccc2c(c1)N(CCCOc1ccc(Cl)cc1)C(=O)CO2. The fourth-order valence-electron chi connectivity index (χ4n) is 3.01. The Bertz CT molecular complexity index is 948. The molecule has 9 heteroatoms. The fourth-order valence-corrected chi connectivity index (χ4v) is 3.14. The molecule has 0 spiro atoms. The molecule has 2 aromatic carbocycles. The van der Waals surface area contributed by atoms with Crippen molar-refractivity contribution in [3.8, 4) is 11.5 Å². The molecular formula is C22H23ClN2O6.